The van der Waals surface area contributed by atoms with Gasteiger partial charge in [0.15, 0.2) is 0 Å². The Bertz CT molecular complexity index is 614. The molecule has 0 bridgehead atoms. The molecule has 2 heterocycles. The lowest BCUT2D eigenvalue weighted by Gasteiger charge is -2.46. The average Bonchev–Trinajstić information content (AvgIpc) is 2.72. The summed E-state index contributed by atoms with van der Waals surface area (Å²) >= 11 is 0. The molecule has 0 saturated carbocycles. The molecule has 0 unspecified atom stereocenters. The lowest BCUT2D eigenvalue weighted by Crippen LogP contribution is -2.57. The van der Waals surface area contributed by atoms with Crippen molar-refractivity contribution < 1.29 is 15.0 Å². The van der Waals surface area contributed by atoms with Crippen LogP contribution in [-0.2, 0) is 11.2 Å². The van der Waals surface area contributed by atoms with Crippen LogP contribution in [0.4, 0.5) is 0 Å². The number of aromatic hydroxyl groups is 1. The largest absolute Gasteiger partial charge is 0.508 e. The Labute approximate surface area is 168 Å². The zero-order valence-electron chi connectivity index (χ0n) is 17.1. The first-order valence-electron chi connectivity index (χ1n) is 10.7. The molecule has 3 rings (SSSR count). The summed E-state index contributed by atoms with van der Waals surface area (Å²) in [5.74, 6) is 0.925. The summed E-state index contributed by atoms with van der Waals surface area (Å²) in [6, 6.07) is 7.64. The van der Waals surface area contributed by atoms with Crippen molar-refractivity contribution in [1.29, 1.82) is 0 Å². The van der Waals surface area contributed by atoms with Gasteiger partial charge < -0.3 is 20.0 Å². The minimum atomic E-state index is 0.221. The standard InChI is InChI=1S/C22H35N3O3/c1-23-12-14-24(15-13-23)21-10-11-25(17-19(21)3-2-16-26)22(28)9-6-18-4-7-20(27)8-5-18/h4-5,7-8,19,21,26-27H,2-3,6,9-17H2,1H3/t19-,21+/m1/s1. The smallest absolute Gasteiger partial charge is 0.222 e. The van der Waals surface area contributed by atoms with Crippen molar-refractivity contribution >= 4 is 5.91 Å². The average molecular weight is 390 g/mol. The number of hydrogen-bond donors (Lipinski definition) is 2. The van der Waals surface area contributed by atoms with E-state index in [0.717, 1.165) is 64.1 Å². The number of rotatable bonds is 7. The number of hydrogen-bond acceptors (Lipinski definition) is 5. The third-order valence-electron chi connectivity index (χ3n) is 6.35. The van der Waals surface area contributed by atoms with Crippen LogP contribution in [0.1, 0.15) is 31.2 Å². The predicted molar refractivity (Wildman–Crippen MR) is 110 cm³/mol. The van der Waals surface area contributed by atoms with E-state index in [1.165, 1.54) is 0 Å². The Morgan fingerprint density at radius 3 is 2.50 bits per heavy atom. The molecule has 156 valence electrons. The van der Waals surface area contributed by atoms with Crippen LogP contribution in [0.15, 0.2) is 24.3 Å². The van der Waals surface area contributed by atoms with E-state index in [0.29, 0.717) is 24.8 Å². The molecule has 0 aromatic heterocycles. The van der Waals surface area contributed by atoms with Crippen molar-refractivity contribution in [2.45, 2.75) is 38.1 Å². The van der Waals surface area contributed by atoms with Gasteiger partial charge in [-0.2, -0.15) is 0 Å². The topological polar surface area (TPSA) is 67.2 Å². The van der Waals surface area contributed by atoms with Gasteiger partial charge in [0.25, 0.3) is 0 Å². The number of aryl methyl sites for hydroxylation is 1. The maximum atomic E-state index is 12.8. The Kier molecular flexibility index (Phi) is 7.71. The molecule has 6 nitrogen and oxygen atoms in total. The molecule has 2 atom stereocenters. The fourth-order valence-electron chi connectivity index (χ4n) is 4.59. The SMILES string of the molecule is CN1CCN([C@H]2CCN(C(=O)CCc3ccc(O)cc3)C[C@H]2CCCO)CC1. The summed E-state index contributed by atoms with van der Waals surface area (Å²) in [6.07, 6.45) is 4.04. The number of carbonyl (C=O) groups excluding carboxylic acids is 1. The van der Waals surface area contributed by atoms with Gasteiger partial charge in [0.1, 0.15) is 5.75 Å². The number of amides is 1. The highest BCUT2D eigenvalue weighted by molar-refractivity contribution is 5.76. The predicted octanol–water partition coefficient (Wildman–Crippen LogP) is 1.56. The third-order valence-corrected chi connectivity index (χ3v) is 6.35. The molecule has 2 aliphatic rings. The molecule has 0 aliphatic carbocycles. The summed E-state index contributed by atoms with van der Waals surface area (Å²) < 4.78 is 0. The normalized spacial score (nSPS) is 24.4. The second-order valence-corrected chi connectivity index (χ2v) is 8.33. The number of piperazine rings is 1. The molecular weight excluding hydrogens is 354 g/mol. The van der Waals surface area contributed by atoms with E-state index in [9.17, 15) is 15.0 Å². The first-order valence-corrected chi connectivity index (χ1v) is 10.7. The molecule has 0 spiro atoms. The van der Waals surface area contributed by atoms with Crippen LogP contribution in [0.2, 0.25) is 0 Å². The molecule has 1 aromatic carbocycles. The number of phenolic OH excluding ortho intramolecular Hbond substituents is 1. The van der Waals surface area contributed by atoms with Crippen LogP contribution in [0, 0.1) is 5.92 Å². The summed E-state index contributed by atoms with van der Waals surface area (Å²) in [7, 11) is 2.18. The molecule has 2 saturated heterocycles. The number of piperidine rings is 1. The van der Waals surface area contributed by atoms with Gasteiger partial charge in [0.2, 0.25) is 5.91 Å². The van der Waals surface area contributed by atoms with Crippen LogP contribution in [0.25, 0.3) is 0 Å². The second-order valence-electron chi connectivity index (χ2n) is 8.33. The van der Waals surface area contributed by atoms with Gasteiger partial charge in [-0.25, -0.2) is 0 Å². The van der Waals surface area contributed by atoms with Gasteiger partial charge in [0.05, 0.1) is 0 Å². The number of carbonyl (C=O) groups is 1. The lowest BCUT2D eigenvalue weighted by atomic mass is 9.86. The van der Waals surface area contributed by atoms with Crippen LogP contribution >= 0.6 is 0 Å². The summed E-state index contributed by atoms with van der Waals surface area (Å²) in [5, 5.41) is 18.7. The third kappa shape index (κ3) is 5.69. The van der Waals surface area contributed by atoms with Gasteiger partial charge in [-0.05, 0) is 56.3 Å². The van der Waals surface area contributed by atoms with Crippen molar-refractivity contribution in [1.82, 2.24) is 14.7 Å². The fraction of sp³-hybridized carbons (Fsp3) is 0.682. The minimum absolute atomic E-state index is 0.221. The van der Waals surface area contributed by atoms with E-state index in [1.807, 2.05) is 17.0 Å². The highest BCUT2D eigenvalue weighted by atomic mass is 16.3. The molecule has 0 radical (unpaired) electrons. The summed E-state index contributed by atoms with van der Waals surface area (Å²) in [4.78, 5) is 19.8. The zero-order valence-corrected chi connectivity index (χ0v) is 17.1. The molecule has 28 heavy (non-hydrogen) atoms. The Morgan fingerprint density at radius 2 is 1.82 bits per heavy atom. The van der Waals surface area contributed by atoms with E-state index in [1.54, 1.807) is 12.1 Å². The van der Waals surface area contributed by atoms with Gasteiger partial charge in [-0.15, -0.1) is 0 Å². The summed E-state index contributed by atoms with van der Waals surface area (Å²) in [5.41, 5.74) is 1.08. The van der Waals surface area contributed by atoms with Crippen molar-refractivity contribution in [3.63, 3.8) is 0 Å². The quantitative estimate of drug-likeness (QED) is 0.741. The minimum Gasteiger partial charge on any atom is -0.508 e. The van der Waals surface area contributed by atoms with Crippen molar-refractivity contribution in [2.75, 3.05) is 52.9 Å². The fourth-order valence-corrected chi connectivity index (χ4v) is 4.59. The Balaban J connectivity index is 1.54. The van der Waals surface area contributed by atoms with Crippen LogP contribution < -0.4 is 0 Å². The molecule has 2 aliphatic heterocycles. The van der Waals surface area contributed by atoms with Gasteiger partial charge in [-0.1, -0.05) is 12.1 Å². The van der Waals surface area contributed by atoms with Crippen molar-refractivity contribution in [3.05, 3.63) is 29.8 Å². The van der Waals surface area contributed by atoms with Crippen molar-refractivity contribution in [3.8, 4) is 5.75 Å². The molecular formula is C22H35N3O3. The number of phenols is 1. The van der Waals surface area contributed by atoms with Crippen LogP contribution in [0.5, 0.6) is 5.75 Å². The zero-order chi connectivity index (χ0) is 19.9. The van der Waals surface area contributed by atoms with Gasteiger partial charge in [0, 0.05) is 58.3 Å². The molecule has 1 aromatic rings. The monoisotopic (exact) mass is 389 g/mol. The van der Waals surface area contributed by atoms with Crippen LogP contribution in [0.3, 0.4) is 0 Å². The highest BCUT2D eigenvalue weighted by Crippen LogP contribution is 2.27. The molecule has 6 heteroatoms. The lowest BCUT2D eigenvalue weighted by molar-refractivity contribution is -0.134. The first-order chi connectivity index (χ1) is 13.6. The highest BCUT2D eigenvalue weighted by Gasteiger charge is 2.35. The maximum Gasteiger partial charge on any atom is 0.222 e. The number of nitrogens with zero attached hydrogens (tertiary/aromatic N) is 3. The Hall–Kier alpha value is -1.63. The molecule has 2 N–H and O–H groups in total. The van der Waals surface area contributed by atoms with E-state index >= 15 is 0 Å². The van der Waals surface area contributed by atoms with Crippen molar-refractivity contribution in [2.24, 2.45) is 5.92 Å². The molecule has 1 amide bonds. The van der Waals surface area contributed by atoms with Gasteiger partial charge in [-0.3, -0.25) is 9.69 Å². The number of likely N-dealkylation sites (N-methyl/N-ethyl adjacent to an activating group) is 1. The second kappa shape index (κ2) is 10.2. The van der Waals surface area contributed by atoms with E-state index in [4.69, 9.17) is 0 Å². The van der Waals surface area contributed by atoms with E-state index in [2.05, 4.69) is 16.8 Å². The number of benzene rings is 1. The number of likely N-dealkylation sites (tertiary alicyclic amines) is 1. The van der Waals surface area contributed by atoms with E-state index < -0.39 is 0 Å². The first kappa shape index (κ1) is 21.1. The molecule has 2 fully saturated rings. The Morgan fingerprint density at radius 1 is 1.11 bits per heavy atom. The van der Waals surface area contributed by atoms with Gasteiger partial charge >= 0.3 is 0 Å². The number of aliphatic hydroxyl groups is 1. The van der Waals surface area contributed by atoms with Crippen LogP contribution in [-0.4, -0.2) is 89.8 Å². The van der Waals surface area contributed by atoms with E-state index in [-0.39, 0.29) is 18.3 Å². The summed E-state index contributed by atoms with van der Waals surface area (Å²) in [6.45, 7) is 6.29. The number of aliphatic hydroxyl groups excluding tert-OH is 1. The maximum absolute atomic E-state index is 12.8.